The highest BCUT2D eigenvalue weighted by Gasteiger charge is 2.36. The number of hydrogen-bond acceptors (Lipinski definition) is 4. The molecule has 7 rings (SSSR count). The molecule has 0 fully saturated rings. The summed E-state index contributed by atoms with van der Waals surface area (Å²) in [5.74, 6) is -0.0777. The number of aromatic amines is 1. The van der Waals surface area contributed by atoms with E-state index >= 15 is 0 Å². The summed E-state index contributed by atoms with van der Waals surface area (Å²) in [6.45, 7) is 0.562. The Bertz CT molecular complexity index is 1740. The summed E-state index contributed by atoms with van der Waals surface area (Å²) in [5, 5.41) is 6.67. The van der Waals surface area contributed by atoms with E-state index in [-0.39, 0.29) is 11.9 Å². The van der Waals surface area contributed by atoms with Crippen LogP contribution in [0.15, 0.2) is 97.7 Å². The van der Waals surface area contributed by atoms with Gasteiger partial charge in [0.1, 0.15) is 6.04 Å². The fourth-order valence-electron chi connectivity index (χ4n) is 5.15. The van der Waals surface area contributed by atoms with Gasteiger partial charge in [0.2, 0.25) is 0 Å². The fourth-order valence-corrected chi connectivity index (χ4v) is 5.15. The van der Waals surface area contributed by atoms with Gasteiger partial charge in [-0.15, -0.1) is 0 Å². The first kappa shape index (κ1) is 20.6. The zero-order valence-electron chi connectivity index (χ0n) is 19.4. The number of carbonyl (C=O) groups is 1. The molecule has 1 aliphatic heterocycles. The van der Waals surface area contributed by atoms with Crippen LogP contribution in [0.4, 0.5) is 0 Å². The van der Waals surface area contributed by atoms with Crippen LogP contribution in [-0.4, -0.2) is 41.9 Å². The lowest BCUT2D eigenvalue weighted by atomic mass is 9.97. The molecule has 2 aromatic carbocycles. The predicted octanol–water partition coefficient (Wildman–Crippen LogP) is 5.06. The number of benzene rings is 2. The van der Waals surface area contributed by atoms with Crippen LogP contribution in [0.25, 0.3) is 27.4 Å². The van der Waals surface area contributed by atoms with Crippen molar-refractivity contribution in [1.29, 1.82) is 0 Å². The van der Waals surface area contributed by atoms with E-state index in [1.54, 1.807) is 17.0 Å². The summed E-state index contributed by atoms with van der Waals surface area (Å²) in [6, 6.07) is 24.0. The second-order valence-electron chi connectivity index (χ2n) is 9.05. The number of H-pyrrole nitrogens is 1. The topological polar surface area (TPSA) is 79.2 Å². The quantitative estimate of drug-likeness (QED) is 0.392. The minimum atomic E-state index is -0.379. The minimum absolute atomic E-state index is 0.0777. The Morgan fingerprint density at radius 1 is 0.889 bits per heavy atom. The van der Waals surface area contributed by atoms with Crippen LogP contribution in [0.5, 0.6) is 0 Å². The van der Waals surface area contributed by atoms with Crippen LogP contribution < -0.4 is 0 Å². The van der Waals surface area contributed by atoms with Gasteiger partial charge in [0, 0.05) is 42.0 Å². The van der Waals surface area contributed by atoms with E-state index in [9.17, 15) is 4.79 Å². The van der Waals surface area contributed by atoms with Crippen molar-refractivity contribution >= 4 is 22.2 Å². The average Bonchev–Trinajstić information content (AvgIpc) is 3.59. The molecule has 5 heterocycles. The van der Waals surface area contributed by atoms with Crippen molar-refractivity contribution in [2.75, 3.05) is 6.54 Å². The molecule has 4 aromatic heterocycles. The third-order valence-electron chi connectivity index (χ3n) is 6.97. The number of fused-ring (bicyclic) bond motifs is 3. The molecular weight excluding hydrogens is 448 g/mol. The lowest BCUT2D eigenvalue weighted by Gasteiger charge is -2.34. The van der Waals surface area contributed by atoms with E-state index in [2.05, 4.69) is 39.3 Å². The molecule has 1 atom stereocenters. The van der Waals surface area contributed by atoms with Gasteiger partial charge in [-0.1, -0.05) is 60.7 Å². The maximum Gasteiger partial charge on any atom is 0.258 e. The minimum Gasteiger partial charge on any atom is -0.348 e. The number of nitrogens with one attached hydrogen (secondary N) is 1. The second kappa shape index (κ2) is 8.16. The highest BCUT2D eigenvalue weighted by molar-refractivity contribution is 6.01. The van der Waals surface area contributed by atoms with Gasteiger partial charge >= 0.3 is 0 Å². The number of imidazole rings is 1. The first-order chi connectivity index (χ1) is 17.8. The number of pyridine rings is 2. The van der Waals surface area contributed by atoms with E-state index < -0.39 is 0 Å². The number of aromatic nitrogens is 5. The molecule has 174 valence electrons. The largest absolute Gasteiger partial charge is 0.348 e. The zero-order chi connectivity index (χ0) is 24.1. The van der Waals surface area contributed by atoms with Crippen molar-refractivity contribution < 1.29 is 4.79 Å². The number of amides is 1. The Hall–Kier alpha value is -4.78. The SMILES string of the molecule is O=C(c1cnn2cc(-c3ccccc3)ccc12)N1CCc2[nH]cnc2[C@H]1c1cc2ccccc2cn1. The Labute approximate surface area is 207 Å². The maximum atomic E-state index is 14.0. The predicted molar refractivity (Wildman–Crippen MR) is 138 cm³/mol. The van der Waals surface area contributed by atoms with Crippen LogP contribution >= 0.6 is 0 Å². The van der Waals surface area contributed by atoms with Crippen molar-refractivity contribution in [3.8, 4) is 11.1 Å². The molecule has 1 aliphatic rings. The van der Waals surface area contributed by atoms with Crippen molar-refractivity contribution in [2.45, 2.75) is 12.5 Å². The van der Waals surface area contributed by atoms with Crippen LogP contribution in [0, 0.1) is 0 Å². The molecular formula is C29H22N6O. The average molecular weight is 471 g/mol. The molecule has 6 aromatic rings. The molecule has 1 amide bonds. The number of nitrogens with zero attached hydrogens (tertiary/aromatic N) is 5. The standard InChI is InChI=1S/C29H22N6O/c36-29(23-16-33-35-17-22(10-11-26(23)35)19-6-2-1-3-7-19)34-13-12-24-27(32-18-31-24)28(34)25-14-20-8-4-5-9-21(20)15-30-25/h1-11,14-18,28H,12-13H2,(H,31,32)/t28-/m1/s1. The van der Waals surface area contributed by atoms with E-state index in [0.29, 0.717) is 18.5 Å². The van der Waals surface area contributed by atoms with Gasteiger partial charge in [-0.25, -0.2) is 9.50 Å². The normalized spacial score (nSPS) is 15.3. The van der Waals surface area contributed by atoms with Crippen molar-refractivity contribution in [2.24, 2.45) is 0 Å². The van der Waals surface area contributed by atoms with Crippen LogP contribution in [0.3, 0.4) is 0 Å². The first-order valence-corrected chi connectivity index (χ1v) is 12.0. The van der Waals surface area contributed by atoms with Crippen molar-refractivity contribution in [3.05, 3.63) is 120 Å². The molecule has 0 bridgehead atoms. The second-order valence-corrected chi connectivity index (χ2v) is 9.05. The lowest BCUT2D eigenvalue weighted by Crippen LogP contribution is -2.41. The molecule has 7 heteroatoms. The van der Waals surface area contributed by atoms with Crippen LogP contribution in [-0.2, 0) is 6.42 Å². The van der Waals surface area contributed by atoms with E-state index in [1.807, 2.05) is 65.8 Å². The third-order valence-corrected chi connectivity index (χ3v) is 6.97. The number of carbonyl (C=O) groups excluding carboxylic acids is 1. The molecule has 0 radical (unpaired) electrons. The summed E-state index contributed by atoms with van der Waals surface area (Å²) < 4.78 is 1.78. The van der Waals surface area contributed by atoms with Gasteiger partial charge in [-0.2, -0.15) is 5.10 Å². The van der Waals surface area contributed by atoms with Gasteiger partial charge < -0.3 is 9.88 Å². The summed E-state index contributed by atoms with van der Waals surface area (Å²) in [7, 11) is 0. The molecule has 0 saturated carbocycles. The molecule has 7 nitrogen and oxygen atoms in total. The van der Waals surface area contributed by atoms with E-state index in [1.165, 1.54) is 0 Å². The Morgan fingerprint density at radius 3 is 2.61 bits per heavy atom. The van der Waals surface area contributed by atoms with Gasteiger partial charge in [0.15, 0.2) is 0 Å². The Kier molecular flexibility index (Phi) is 4.67. The van der Waals surface area contributed by atoms with E-state index in [4.69, 9.17) is 4.98 Å². The molecule has 0 saturated heterocycles. The number of rotatable bonds is 3. The fraction of sp³-hybridized carbons (Fsp3) is 0.103. The summed E-state index contributed by atoms with van der Waals surface area (Å²) in [5.41, 5.74) is 6.19. The van der Waals surface area contributed by atoms with Crippen molar-refractivity contribution in [3.63, 3.8) is 0 Å². The van der Waals surface area contributed by atoms with Gasteiger partial charge in [-0.3, -0.25) is 9.78 Å². The van der Waals surface area contributed by atoms with Gasteiger partial charge in [0.05, 0.1) is 35.0 Å². The molecule has 0 aliphatic carbocycles. The van der Waals surface area contributed by atoms with Gasteiger partial charge in [0.25, 0.3) is 5.91 Å². The monoisotopic (exact) mass is 470 g/mol. The summed E-state index contributed by atoms with van der Waals surface area (Å²) in [6.07, 6.45) is 7.91. The number of hydrogen-bond donors (Lipinski definition) is 1. The highest BCUT2D eigenvalue weighted by atomic mass is 16.2. The van der Waals surface area contributed by atoms with Gasteiger partial charge in [-0.05, 0) is 23.1 Å². The first-order valence-electron chi connectivity index (χ1n) is 12.0. The highest BCUT2D eigenvalue weighted by Crippen LogP contribution is 2.35. The third kappa shape index (κ3) is 3.28. The lowest BCUT2D eigenvalue weighted by molar-refractivity contribution is 0.0689. The zero-order valence-corrected chi connectivity index (χ0v) is 19.4. The van der Waals surface area contributed by atoms with Crippen molar-refractivity contribution in [1.82, 2.24) is 29.5 Å². The molecule has 36 heavy (non-hydrogen) atoms. The smallest absolute Gasteiger partial charge is 0.258 e. The summed E-state index contributed by atoms with van der Waals surface area (Å²) in [4.78, 5) is 28.5. The van der Waals surface area contributed by atoms with Crippen LogP contribution in [0.1, 0.15) is 33.5 Å². The Balaban J connectivity index is 1.30. The Morgan fingerprint density at radius 2 is 1.72 bits per heavy atom. The summed E-state index contributed by atoms with van der Waals surface area (Å²) >= 11 is 0. The molecule has 0 unspecified atom stereocenters. The van der Waals surface area contributed by atoms with E-state index in [0.717, 1.165) is 44.5 Å². The molecule has 1 N–H and O–H groups in total. The van der Waals surface area contributed by atoms with Crippen LogP contribution in [0.2, 0.25) is 0 Å². The molecule has 0 spiro atoms. The maximum absolute atomic E-state index is 14.0.